The van der Waals surface area contributed by atoms with E-state index in [2.05, 4.69) is 4.52 Å². The second-order valence-corrected chi connectivity index (χ2v) is 17.9. The molecule has 13 nitrogen and oxygen atoms in total. The number of benzene rings is 4. The van der Waals surface area contributed by atoms with Crippen LogP contribution in [-0.2, 0) is 9.05 Å². The number of nitrogen functional groups attached to an aromatic ring is 4. The van der Waals surface area contributed by atoms with Crippen LogP contribution >= 0.6 is 24.6 Å². The number of hydrogen-bond donors (Lipinski definition) is 4. The lowest BCUT2D eigenvalue weighted by molar-refractivity contribution is -0.360. The summed E-state index contributed by atoms with van der Waals surface area (Å²) in [7, 11) is -13.6. The van der Waals surface area contributed by atoms with Gasteiger partial charge in [0.25, 0.3) is 0 Å². The number of nitrogens with two attached hydrogens (primary N) is 4. The Morgan fingerprint density at radius 2 is 0.823 bits per heavy atom. The fourth-order valence-corrected chi connectivity index (χ4v) is 12.1. The monoisotopic (exact) mass is 965 g/mol. The maximum absolute atomic E-state index is 15.2. The van der Waals surface area contributed by atoms with Gasteiger partial charge in [-0.3, -0.25) is 0 Å². The SMILES string of the molecule is Nc1ccccc1ON1P(Oc2ccccc2N)N=P(OCC(F)(F)C(F)(F)C(F)(F)F)(OCC(F)(F)C(F)(F)C(F)(F)F)N(Oc2ccccc2N)P1Oc1ccccc1N. The molecule has 0 aliphatic carbocycles. The number of para-hydroxylation sites is 8. The van der Waals surface area contributed by atoms with Crippen LogP contribution in [0.3, 0.4) is 0 Å². The lowest BCUT2D eigenvalue weighted by Gasteiger charge is -2.45. The summed E-state index contributed by atoms with van der Waals surface area (Å²) in [6.07, 6.45) is -14.1. The summed E-state index contributed by atoms with van der Waals surface area (Å²) in [5.41, 5.74) is 22.8. The van der Waals surface area contributed by atoms with Crippen molar-refractivity contribution in [1.29, 1.82) is 0 Å². The van der Waals surface area contributed by atoms with Gasteiger partial charge in [-0.25, -0.2) is 0 Å². The van der Waals surface area contributed by atoms with Crippen LogP contribution in [0, 0.1) is 0 Å². The van der Waals surface area contributed by atoms with E-state index in [1.807, 2.05) is 0 Å². The topological polar surface area (TPSA) is 178 Å². The van der Waals surface area contributed by atoms with Crippen molar-refractivity contribution in [2.24, 2.45) is 4.52 Å². The third-order valence-corrected chi connectivity index (χ3v) is 14.6. The standard InChI is InChI=1S/C32H28F14N7O6P3/c33-27(34,29(37,38)31(41,42)43)17-54-62(55-18-28(35,36)30(39,40)32(44,45)46)51-60(58-25-15-7-3-11-21(25)49)52(56-23-13-5-1-9-19(23)47)61(59-26-16-8-4-12-22(26)50)53(62)57-24-14-6-2-10-20(24)48/h1-16H,17-18,47-50H2. The highest BCUT2D eigenvalue weighted by molar-refractivity contribution is 7.78. The molecule has 30 heteroatoms. The van der Waals surface area contributed by atoms with Gasteiger partial charge in [-0.05, 0) is 48.5 Å². The normalized spacial score (nSPS) is 18.2. The van der Waals surface area contributed by atoms with E-state index in [0.717, 1.165) is 30.3 Å². The van der Waals surface area contributed by atoms with Gasteiger partial charge < -0.3 is 50.7 Å². The first-order valence-corrected chi connectivity index (χ1v) is 20.4. The lowest BCUT2D eigenvalue weighted by Crippen LogP contribution is -2.55. The van der Waals surface area contributed by atoms with E-state index in [1.54, 1.807) is 0 Å². The van der Waals surface area contributed by atoms with Crippen molar-refractivity contribution in [3.63, 3.8) is 0 Å². The fourth-order valence-electron chi connectivity index (χ4n) is 4.39. The van der Waals surface area contributed by atoms with E-state index in [0.29, 0.717) is 4.60 Å². The molecule has 4 aromatic rings. The van der Waals surface area contributed by atoms with Gasteiger partial charge >= 0.3 is 60.6 Å². The van der Waals surface area contributed by atoms with Gasteiger partial charge in [0, 0.05) is 9.21 Å². The highest BCUT2D eigenvalue weighted by Gasteiger charge is 2.75. The minimum atomic E-state index is -7.05. The summed E-state index contributed by atoms with van der Waals surface area (Å²) in [5, 5.41) is 0. The second kappa shape index (κ2) is 17.8. The van der Waals surface area contributed by atoms with Crippen LogP contribution in [0.1, 0.15) is 0 Å². The largest absolute Gasteiger partial charge is 0.459 e. The molecule has 1 heterocycles. The predicted octanol–water partition coefficient (Wildman–Crippen LogP) is 11.2. The maximum atomic E-state index is 15.2. The van der Waals surface area contributed by atoms with Crippen molar-refractivity contribution in [2.45, 2.75) is 36.0 Å². The van der Waals surface area contributed by atoms with E-state index in [9.17, 15) is 43.9 Å². The van der Waals surface area contributed by atoms with E-state index in [-0.39, 0.29) is 27.4 Å². The molecular weight excluding hydrogens is 937 g/mol. The fraction of sp³-hybridized carbons (Fsp3) is 0.250. The summed E-state index contributed by atoms with van der Waals surface area (Å²) < 4.78 is 224. The van der Waals surface area contributed by atoms with Crippen molar-refractivity contribution < 1.29 is 89.2 Å². The van der Waals surface area contributed by atoms with E-state index >= 15 is 17.6 Å². The van der Waals surface area contributed by atoms with Gasteiger partial charge in [-0.2, -0.15) is 66.0 Å². The number of hydrogen-bond acceptors (Lipinski definition) is 13. The maximum Gasteiger partial charge on any atom is 0.459 e. The summed E-state index contributed by atoms with van der Waals surface area (Å²) >= 11 is 0. The van der Waals surface area contributed by atoms with E-state index in [4.69, 9.17) is 50.7 Å². The van der Waals surface area contributed by atoms with Crippen molar-refractivity contribution in [3.05, 3.63) is 97.1 Å². The minimum Gasteiger partial charge on any atom is -0.438 e. The molecule has 0 bridgehead atoms. The molecule has 340 valence electrons. The number of rotatable bonds is 16. The summed E-state index contributed by atoms with van der Waals surface area (Å²) in [6.45, 7) is -6.52. The smallest absolute Gasteiger partial charge is 0.438 e. The Labute approximate surface area is 342 Å². The van der Waals surface area contributed by atoms with Crippen LogP contribution < -0.4 is 41.7 Å². The molecule has 1 aliphatic rings. The first-order valence-electron chi connectivity index (χ1n) is 16.5. The van der Waals surface area contributed by atoms with Gasteiger partial charge in [0.05, 0.1) is 22.7 Å². The van der Waals surface area contributed by atoms with E-state index < -0.39 is 96.8 Å². The van der Waals surface area contributed by atoms with Crippen LogP contribution in [0.5, 0.6) is 23.0 Å². The van der Waals surface area contributed by atoms with Gasteiger partial charge in [-0.1, -0.05) is 48.5 Å². The van der Waals surface area contributed by atoms with Crippen LogP contribution in [0.15, 0.2) is 102 Å². The number of anilines is 4. The van der Waals surface area contributed by atoms with Crippen molar-refractivity contribution in [2.75, 3.05) is 36.1 Å². The highest BCUT2D eigenvalue weighted by atomic mass is 31.3. The zero-order valence-corrected chi connectivity index (χ0v) is 33.1. The summed E-state index contributed by atoms with van der Waals surface area (Å²) in [6, 6.07) is 19.3. The zero-order chi connectivity index (χ0) is 46.1. The second-order valence-electron chi connectivity index (χ2n) is 12.2. The first-order chi connectivity index (χ1) is 28.6. The van der Waals surface area contributed by atoms with Crippen molar-refractivity contribution in [3.8, 4) is 23.0 Å². The van der Waals surface area contributed by atoms with Crippen molar-refractivity contribution >= 4 is 47.3 Å². The molecule has 8 N–H and O–H groups in total. The van der Waals surface area contributed by atoms with Crippen molar-refractivity contribution in [1.82, 2.24) is 9.21 Å². The molecule has 1 aliphatic heterocycles. The molecule has 2 atom stereocenters. The predicted molar refractivity (Wildman–Crippen MR) is 197 cm³/mol. The third kappa shape index (κ3) is 9.88. The number of halogens is 14. The Bertz CT molecular complexity index is 2220. The lowest BCUT2D eigenvalue weighted by atomic mass is 10.2. The third-order valence-electron chi connectivity index (χ3n) is 7.70. The van der Waals surface area contributed by atoms with Gasteiger partial charge in [0.1, 0.15) is 24.7 Å². The minimum absolute atomic E-state index is 0.153. The highest BCUT2D eigenvalue weighted by Crippen LogP contribution is 2.79. The number of alkyl halides is 14. The zero-order valence-electron chi connectivity index (χ0n) is 30.4. The molecule has 0 radical (unpaired) electrons. The van der Waals surface area contributed by atoms with E-state index in [1.165, 1.54) is 66.7 Å². The molecule has 2 unspecified atom stereocenters. The molecule has 0 aromatic heterocycles. The Morgan fingerprint density at radius 1 is 0.484 bits per heavy atom. The molecule has 0 fully saturated rings. The van der Waals surface area contributed by atoms with Gasteiger partial charge in [-0.15, -0.1) is 0 Å². The average molecular weight is 966 g/mol. The molecule has 0 spiro atoms. The Hall–Kier alpha value is -4.77. The molecule has 0 amide bonds. The van der Waals surface area contributed by atoms with Crippen LogP contribution in [0.25, 0.3) is 0 Å². The van der Waals surface area contributed by atoms with Gasteiger partial charge in [0.2, 0.25) is 0 Å². The molecule has 62 heavy (non-hydrogen) atoms. The molecule has 5 rings (SSSR count). The Balaban J connectivity index is 1.88. The Morgan fingerprint density at radius 3 is 1.19 bits per heavy atom. The first kappa shape index (κ1) is 48.3. The molecule has 0 saturated carbocycles. The van der Waals surface area contributed by atoms with Crippen LogP contribution in [0.2, 0.25) is 0 Å². The number of nitrogens with zero attached hydrogens (tertiary/aromatic N) is 3. The summed E-state index contributed by atoms with van der Waals surface area (Å²) in [4.78, 5) is 11.7. The van der Waals surface area contributed by atoms with Gasteiger partial charge in [0.15, 0.2) is 11.5 Å². The Kier molecular flexibility index (Phi) is 13.8. The quantitative estimate of drug-likeness (QED) is 0.0475. The average Bonchev–Trinajstić information content (AvgIpc) is 3.18. The molecule has 4 aromatic carbocycles. The summed E-state index contributed by atoms with van der Waals surface area (Å²) in [5.74, 6) is -28.9. The van der Waals surface area contributed by atoms with Crippen LogP contribution in [-0.4, -0.2) is 58.5 Å². The molecular formula is C32H28F14N7O6P3. The molecule has 0 saturated heterocycles. The van der Waals surface area contributed by atoms with Crippen LogP contribution in [0.4, 0.5) is 84.2 Å².